The molecular weight excluding hydrogens is 279 g/mol. The van der Waals surface area contributed by atoms with Crippen molar-refractivity contribution in [3.63, 3.8) is 0 Å². The molecule has 2 unspecified atom stereocenters. The Labute approximate surface area is 123 Å². The van der Waals surface area contributed by atoms with Gasteiger partial charge in [0.2, 0.25) is 0 Å². The van der Waals surface area contributed by atoms with Gasteiger partial charge < -0.3 is 9.80 Å². The number of carbonyl (C=O) groups excluding carboxylic acids is 1. The summed E-state index contributed by atoms with van der Waals surface area (Å²) in [7, 11) is 0. The topological polar surface area (TPSA) is 23.6 Å². The predicted octanol–water partition coefficient (Wildman–Crippen LogP) is 2.65. The molecule has 5 heteroatoms. The van der Waals surface area contributed by atoms with Crippen LogP contribution in [0.1, 0.15) is 23.2 Å². The number of hydrogen-bond acceptors (Lipinski definition) is 2. The number of rotatable bonds is 1. The van der Waals surface area contributed by atoms with Gasteiger partial charge in [-0.3, -0.25) is 4.79 Å². The van der Waals surface area contributed by atoms with E-state index in [2.05, 4.69) is 4.90 Å². The number of fused-ring (bicyclic) bond motifs is 2. The molecule has 1 amide bonds. The second-order valence-electron chi connectivity index (χ2n) is 5.69. The number of carbonyl (C=O) groups is 1. The fourth-order valence-electron chi connectivity index (χ4n) is 3.16. The van der Waals surface area contributed by atoms with Crippen LogP contribution in [-0.2, 0) is 0 Å². The van der Waals surface area contributed by atoms with Crippen LogP contribution in [0, 0.1) is 11.7 Å². The molecule has 1 aromatic carbocycles. The zero-order valence-electron chi connectivity index (χ0n) is 11.3. The number of amides is 1. The molecule has 2 saturated heterocycles. The third-order valence-electron chi connectivity index (χ3n) is 4.22. The van der Waals surface area contributed by atoms with Gasteiger partial charge in [0.25, 0.3) is 5.91 Å². The third kappa shape index (κ3) is 2.81. The fraction of sp³-hybridized carbons (Fsp3) is 0.533. The summed E-state index contributed by atoms with van der Waals surface area (Å²) in [6.07, 6.45) is 2.40. The lowest BCUT2D eigenvalue weighted by Gasteiger charge is -2.29. The van der Waals surface area contributed by atoms with Crippen molar-refractivity contribution >= 4 is 17.5 Å². The van der Waals surface area contributed by atoms with E-state index in [1.165, 1.54) is 31.0 Å². The average Bonchev–Trinajstić information content (AvgIpc) is 2.59. The standard InChI is InChI=1S/C15H18ClFN2O/c16-13-8-12(3-4-14(13)17)15(20)19-7-6-18-5-1-2-11(9-18)10-19/h3-4,8,11H,1-2,5-7,9-10H2. The van der Waals surface area contributed by atoms with Crippen LogP contribution < -0.4 is 0 Å². The van der Waals surface area contributed by atoms with Crippen molar-refractivity contribution in [1.82, 2.24) is 9.80 Å². The Morgan fingerprint density at radius 1 is 1.25 bits per heavy atom. The van der Waals surface area contributed by atoms with Gasteiger partial charge in [0.05, 0.1) is 5.02 Å². The van der Waals surface area contributed by atoms with Crippen LogP contribution in [0.25, 0.3) is 0 Å². The van der Waals surface area contributed by atoms with E-state index in [0.717, 1.165) is 32.7 Å². The Bertz CT molecular complexity index is 523. The second-order valence-corrected chi connectivity index (χ2v) is 6.10. The van der Waals surface area contributed by atoms with Crippen molar-refractivity contribution < 1.29 is 9.18 Å². The maximum atomic E-state index is 13.2. The van der Waals surface area contributed by atoms with Crippen molar-refractivity contribution in [3.8, 4) is 0 Å². The first-order valence-electron chi connectivity index (χ1n) is 7.10. The number of halogens is 2. The molecule has 0 aliphatic carbocycles. The first-order chi connectivity index (χ1) is 9.63. The molecule has 0 radical (unpaired) electrons. The predicted molar refractivity (Wildman–Crippen MR) is 76.5 cm³/mol. The summed E-state index contributed by atoms with van der Waals surface area (Å²) in [5.74, 6) is 0.0350. The lowest BCUT2D eigenvalue weighted by molar-refractivity contribution is 0.0746. The summed E-state index contributed by atoms with van der Waals surface area (Å²) in [4.78, 5) is 16.8. The largest absolute Gasteiger partial charge is 0.337 e. The first-order valence-corrected chi connectivity index (χ1v) is 7.48. The minimum atomic E-state index is -0.485. The Hall–Kier alpha value is -1.13. The summed E-state index contributed by atoms with van der Waals surface area (Å²) in [6.45, 7) is 4.70. The molecule has 2 bridgehead atoms. The summed E-state index contributed by atoms with van der Waals surface area (Å²) < 4.78 is 13.2. The molecule has 0 aromatic heterocycles. The summed E-state index contributed by atoms with van der Waals surface area (Å²) in [5, 5.41) is 0.00756. The van der Waals surface area contributed by atoms with Gasteiger partial charge in [-0.15, -0.1) is 0 Å². The molecule has 2 heterocycles. The van der Waals surface area contributed by atoms with Gasteiger partial charge in [0.15, 0.2) is 0 Å². The van der Waals surface area contributed by atoms with Gasteiger partial charge in [-0.1, -0.05) is 11.6 Å². The minimum absolute atomic E-state index is 0.00756. The van der Waals surface area contributed by atoms with E-state index < -0.39 is 5.82 Å². The molecule has 2 aliphatic rings. The summed E-state index contributed by atoms with van der Waals surface area (Å²) in [5.41, 5.74) is 0.475. The Kier molecular flexibility index (Phi) is 3.94. The molecule has 0 saturated carbocycles. The van der Waals surface area contributed by atoms with Crippen molar-refractivity contribution in [2.45, 2.75) is 12.8 Å². The van der Waals surface area contributed by atoms with Crippen LogP contribution in [-0.4, -0.2) is 48.4 Å². The van der Waals surface area contributed by atoms with Crippen LogP contribution >= 0.6 is 11.6 Å². The highest BCUT2D eigenvalue weighted by Crippen LogP contribution is 2.23. The quantitative estimate of drug-likeness (QED) is 0.795. The molecule has 2 atom stereocenters. The van der Waals surface area contributed by atoms with E-state index in [0.29, 0.717) is 11.5 Å². The molecule has 3 rings (SSSR count). The van der Waals surface area contributed by atoms with Crippen LogP contribution in [0.2, 0.25) is 5.02 Å². The van der Waals surface area contributed by atoms with Crippen molar-refractivity contribution in [2.24, 2.45) is 5.92 Å². The van der Waals surface area contributed by atoms with E-state index in [9.17, 15) is 9.18 Å². The number of nitrogens with zero attached hydrogens (tertiary/aromatic N) is 2. The van der Waals surface area contributed by atoms with Gasteiger partial charge in [0, 0.05) is 31.7 Å². The maximum Gasteiger partial charge on any atom is 0.253 e. The number of piperidine rings is 1. The minimum Gasteiger partial charge on any atom is -0.337 e. The van der Waals surface area contributed by atoms with E-state index in [-0.39, 0.29) is 10.9 Å². The lowest BCUT2D eigenvalue weighted by atomic mass is 9.98. The molecule has 108 valence electrons. The van der Waals surface area contributed by atoms with Gasteiger partial charge in [0.1, 0.15) is 5.82 Å². The monoisotopic (exact) mass is 296 g/mol. The van der Waals surface area contributed by atoms with E-state index in [1.54, 1.807) is 0 Å². The Morgan fingerprint density at radius 2 is 2.10 bits per heavy atom. The molecule has 2 aliphatic heterocycles. The highest BCUT2D eigenvalue weighted by atomic mass is 35.5. The SMILES string of the molecule is O=C(c1ccc(F)c(Cl)c1)N1CCN2CCCC(C2)C1. The zero-order valence-corrected chi connectivity index (χ0v) is 12.1. The van der Waals surface area contributed by atoms with E-state index in [4.69, 9.17) is 11.6 Å². The summed E-state index contributed by atoms with van der Waals surface area (Å²) >= 11 is 5.76. The zero-order chi connectivity index (χ0) is 14.1. The molecule has 2 fully saturated rings. The molecule has 3 nitrogen and oxygen atoms in total. The van der Waals surface area contributed by atoms with Crippen LogP contribution in [0.15, 0.2) is 18.2 Å². The molecule has 20 heavy (non-hydrogen) atoms. The Morgan fingerprint density at radius 3 is 2.90 bits per heavy atom. The fourth-order valence-corrected chi connectivity index (χ4v) is 3.35. The number of benzene rings is 1. The first kappa shape index (κ1) is 13.8. The van der Waals surface area contributed by atoms with Gasteiger partial charge >= 0.3 is 0 Å². The number of hydrogen-bond donors (Lipinski definition) is 0. The van der Waals surface area contributed by atoms with Crippen molar-refractivity contribution in [2.75, 3.05) is 32.7 Å². The lowest BCUT2D eigenvalue weighted by Crippen LogP contribution is -2.36. The molecule has 0 N–H and O–H groups in total. The second kappa shape index (κ2) is 5.70. The Balaban J connectivity index is 1.77. The highest BCUT2D eigenvalue weighted by molar-refractivity contribution is 6.31. The summed E-state index contributed by atoms with van der Waals surface area (Å²) in [6, 6.07) is 4.20. The van der Waals surface area contributed by atoms with Crippen LogP contribution in [0.4, 0.5) is 4.39 Å². The smallest absolute Gasteiger partial charge is 0.253 e. The average molecular weight is 297 g/mol. The van der Waals surface area contributed by atoms with Crippen LogP contribution in [0.5, 0.6) is 0 Å². The van der Waals surface area contributed by atoms with Gasteiger partial charge in [-0.2, -0.15) is 0 Å². The van der Waals surface area contributed by atoms with Crippen molar-refractivity contribution in [3.05, 3.63) is 34.6 Å². The molecular formula is C15H18ClFN2O. The van der Waals surface area contributed by atoms with Crippen molar-refractivity contribution in [1.29, 1.82) is 0 Å². The third-order valence-corrected chi connectivity index (χ3v) is 4.51. The van der Waals surface area contributed by atoms with Crippen LogP contribution in [0.3, 0.4) is 0 Å². The van der Waals surface area contributed by atoms with Gasteiger partial charge in [-0.25, -0.2) is 4.39 Å². The van der Waals surface area contributed by atoms with Gasteiger partial charge in [-0.05, 0) is 43.5 Å². The molecule has 0 spiro atoms. The van der Waals surface area contributed by atoms with E-state index in [1.807, 2.05) is 4.90 Å². The van der Waals surface area contributed by atoms with E-state index >= 15 is 0 Å². The molecule has 1 aromatic rings. The maximum absolute atomic E-state index is 13.2. The highest BCUT2D eigenvalue weighted by Gasteiger charge is 2.28. The normalized spacial score (nSPS) is 26.2.